The highest BCUT2D eigenvalue weighted by atomic mass is 127. The van der Waals surface area contributed by atoms with Crippen LogP contribution in [-0.2, 0) is 5.41 Å². The predicted octanol–water partition coefficient (Wildman–Crippen LogP) is 5.41. The van der Waals surface area contributed by atoms with E-state index in [0.717, 1.165) is 35.4 Å². The van der Waals surface area contributed by atoms with E-state index in [0.29, 0.717) is 6.61 Å². The number of nitrogens with zero attached hydrogens (tertiary/aromatic N) is 2. The van der Waals surface area contributed by atoms with Crippen molar-refractivity contribution in [3.05, 3.63) is 57.9 Å². The molecule has 3 rings (SSSR count). The smallest absolute Gasteiger partial charge is 0.137 e. The van der Waals surface area contributed by atoms with Crippen molar-refractivity contribution in [2.75, 3.05) is 18.5 Å². The van der Waals surface area contributed by atoms with Gasteiger partial charge < -0.3 is 10.1 Å². The van der Waals surface area contributed by atoms with Crippen molar-refractivity contribution < 1.29 is 4.74 Å². The molecule has 0 saturated heterocycles. The average Bonchev–Trinajstić information content (AvgIpc) is 2.61. The van der Waals surface area contributed by atoms with Crippen LogP contribution in [0.1, 0.15) is 32.8 Å². The third-order valence-corrected chi connectivity index (χ3v) is 4.87. The maximum atomic E-state index is 5.84. The van der Waals surface area contributed by atoms with E-state index in [4.69, 9.17) is 4.74 Å². The highest BCUT2D eigenvalue weighted by Crippen LogP contribution is 2.24. The van der Waals surface area contributed by atoms with Crippen LogP contribution in [0.4, 0.5) is 5.82 Å². The van der Waals surface area contributed by atoms with Crippen molar-refractivity contribution in [3.8, 4) is 5.75 Å². The maximum absolute atomic E-state index is 5.84. The Morgan fingerprint density at radius 1 is 1.04 bits per heavy atom. The number of ether oxygens (including phenoxy) is 1. The molecule has 0 fully saturated rings. The fourth-order valence-electron chi connectivity index (χ4n) is 2.69. The van der Waals surface area contributed by atoms with Crippen LogP contribution in [-0.4, -0.2) is 23.1 Å². The monoisotopic (exact) mass is 461 g/mol. The molecule has 5 heteroatoms. The number of rotatable bonds is 6. The molecule has 0 radical (unpaired) electrons. The Bertz CT molecular complexity index is 873. The van der Waals surface area contributed by atoms with Crippen LogP contribution >= 0.6 is 22.6 Å². The minimum Gasteiger partial charge on any atom is -0.494 e. The summed E-state index contributed by atoms with van der Waals surface area (Å²) in [4.78, 5) is 8.68. The molecule has 1 aromatic heterocycles. The van der Waals surface area contributed by atoms with E-state index in [-0.39, 0.29) is 5.41 Å². The lowest BCUT2D eigenvalue weighted by Gasteiger charge is -2.19. The molecular weight excluding hydrogens is 437 g/mol. The van der Waals surface area contributed by atoms with E-state index < -0.39 is 0 Å². The van der Waals surface area contributed by atoms with Crippen LogP contribution in [0.15, 0.2) is 48.8 Å². The molecule has 26 heavy (non-hydrogen) atoms. The lowest BCUT2D eigenvalue weighted by atomic mass is 9.87. The second-order valence-electron chi connectivity index (χ2n) is 7.29. The van der Waals surface area contributed by atoms with Gasteiger partial charge >= 0.3 is 0 Å². The first-order valence-corrected chi connectivity index (χ1v) is 9.89. The average molecular weight is 461 g/mol. The Labute approximate surface area is 168 Å². The quantitative estimate of drug-likeness (QED) is 0.394. The number of benzene rings is 2. The van der Waals surface area contributed by atoms with Crippen molar-refractivity contribution in [1.29, 1.82) is 0 Å². The van der Waals surface area contributed by atoms with E-state index in [2.05, 4.69) is 82.9 Å². The van der Waals surface area contributed by atoms with Gasteiger partial charge in [0.1, 0.15) is 17.9 Å². The van der Waals surface area contributed by atoms with E-state index in [1.165, 1.54) is 9.13 Å². The zero-order valence-electron chi connectivity index (χ0n) is 15.4. The van der Waals surface area contributed by atoms with Gasteiger partial charge in [0.25, 0.3) is 0 Å². The third-order valence-electron chi connectivity index (χ3n) is 4.20. The normalized spacial score (nSPS) is 11.5. The highest BCUT2D eigenvalue weighted by molar-refractivity contribution is 14.1. The molecular formula is C21H24IN3O. The Morgan fingerprint density at radius 3 is 2.54 bits per heavy atom. The molecule has 0 aliphatic heterocycles. The number of nitrogens with one attached hydrogen (secondary N) is 1. The molecule has 4 nitrogen and oxygen atoms in total. The van der Waals surface area contributed by atoms with Crippen LogP contribution in [0, 0.1) is 3.57 Å². The van der Waals surface area contributed by atoms with Gasteiger partial charge in [0, 0.05) is 15.5 Å². The summed E-state index contributed by atoms with van der Waals surface area (Å²) in [7, 11) is 0. The van der Waals surface area contributed by atoms with Crippen LogP contribution in [0.2, 0.25) is 0 Å². The van der Waals surface area contributed by atoms with Crippen LogP contribution in [0.25, 0.3) is 10.9 Å². The van der Waals surface area contributed by atoms with E-state index in [1.54, 1.807) is 6.33 Å². The zero-order valence-corrected chi connectivity index (χ0v) is 17.6. The lowest BCUT2D eigenvalue weighted by Crippen LogP contribution is -2.11. The highest BCUT2D eigenvalue weighted by Gasteiger charge is 2.12. The van der Waals surface area contributed by atoms with Gasteiger partial charge in [-0.1, -0.05) is 32.9 Å². The second-order valence-corrected chi connectivity index (χ2v) is 8.53. The van der Waals surface area contributed by atoms with Gasteiger partial charge in [-0.15, -0.1) is 0 Å². The van der Waals surface area contributed by atoms with Crippen LogP contribution in [0.3, 0.4) is 0 Å². The molecule has 0 saturated carbocycles. The fourth-order valence-corrected chi connectivity index (χ4v) is 3.18. The molecule has 136 valence electrons. The first-order chi connectivity index (χ1) is 12.4. The Morgan fingerprint density at radius 2 is 1.81 bits per heavy atom. The second kappa shape index (κ2) is 8.20. The van der Waals surface area contributed by atoms with E-state index in [9.17, 15) is 0 Å². The SMILES string of the molecule is CC(C)(C)c1ccc(OCCCNc2ncnc3ccc(I)cc23)cc1. The molecule has 0 atom stereocenters. The van der Waals surface area contributed by atoms with Gasteiger partial charge in [-0.25, -0.2) is 9.97 Å². The maximum Gasteiger partial charge on any atom is 0.137 e. The number of halogens is 1. The topological polar surface area (TPSA) is 47.0 Å². The largest absolute Gasteiger partial charge is 0.494 e. The summed E-state index contributed by atoms with van der Waals surface area (Å²) in [6, 6.07) is 14.6. The molecule has 2 aromatic carbocycles. The number of fused-ring (bicyclic) bond motifs is 1. The van der Waals surface area contributed by atoms with Gasteiger partial charge in [0.15, 0.2) is 0 Å². The number of hydrogen-bond acceptors (Lipinski definition) is 4. The van der Waals surface area contributed by atoms with Gasteiger partial charge in [0.2, 0.25) is 0 Å². The molecule has 0 aliphatic rings. The van der Waals surface area contributed by atoms with Crippen molar-refractivity contribution in [3.63, 3.8) is 0 Å². The van der Waals surface area contributed by atoms with Gasteiger partial charge in [0.05, 0.1) is 12.1 Å². The Hall–Kier alpha value is -1.89. The first kappa shape index (κ1) is 18.9. The lowest BCUT2D eigenvalue weighted by molar-refractivity contribution is 0.314. The van der Waals surface area contributed by atoms with Gasteiger partial charge in [-0.2, -0.15) is 0 Å². The molecule has 1 N–H and O–H groups in total. The molecule has 1 heterocycles. The summed E-state index contributed by atoms with van der Waals surface area (Å²) in [5, 5.41) is 4.45. The van der Waals surface area contributed by atoms with E-state index in [1.807, 2.05) is 18.2 Å². The van der Waals surface area contributed by atoms with Crippen LogP contribution in [0.5, 0.6) is 5.75 Å². The van der Waals surface area contributed by atoms with E-state index >= 15 is 0 Å². The summed E-state index contributed by atoms with van der Waals surface area (Å²) in [5.74, 6) is 1.79. The Kier molecular flexibility index (Phi) is 5.96. The first-order valence-electron chi connectivity index (χ1n) is 8.81. The summed E-state index contributed by atoms with van der Waals surface area (Å²) < 4.78 is 7.02. The Balaban J connectivity index is 1.50. The summed E-state index contributed by atoms with van der Waals surface area (Å²) in [6.07, 6.45) is 2.50. The molecule has 0 amide bonds. The van der Waals surface area contributed by atoms with Crippen molar-refractivity contribution in [1.82, 2.24) is 9.97 Å². The molecule has 0 spiro atoms. The zero-order chi connectivity index (χ0) is 18.6. The van der Waals surface area contributed by atoms with Crippen LogP contribution < -0.4 is 10.1 Å². The van der Waals surface area contributed by atoms with Crippen molar-refractivity contribution in [2.45, 2.75) is 32.6 Å². The standard InChI is InChI=1S/C21H24IN3O/c1-21(2,3)15-5-8-17(9-6-15)26-12-4-11-23-20-18-13-16(22)7-10-19(18)24-14-25-20/h5-10,13-14H,4,11-12H2,1-3H3,(H,23,24,25). The summed E-state index contributed by atoms with van der Waals surface area (Å²) in [5.41, 5.74) is 2.44. The third kappa shape index (κ3) is 4.84. The minimum absolute atomic E-state index is 0.167. The minimum atomic E-state index is 0.167. The van der Waals surface area contributed by atoms with Gasteiger partial charge in [-0.05, 0) is 70.3 Å². The molecule has 0 unspecified atom stereocenters. The molecule has 0 bridgehead atoms. The van der Waals surface area contributed by atoms with Crippen molar-refractivity contribution in [2.24, 2.45) is 0 Å². The number of hydrogen-bond donors (Lipinski definition) is 1. The predicted molar refractivity (Wildman–Crippen MR) is 116 cm³/mol. The van der Waals surface area contributed by atoms with Crippen molar-refractivity contribution >= 4 is 39.3 Å². The summed E-state index contributed by atoms with van der Waals surface area (Å²) >= 11 is 2.31. The number of anilines is 1. The molecule has 0 aliphatic carbocycles. The van der Waals surface area contributed by atoms with Gasteiger partial charge in [-0.3, -0.25) is 0 Å². The fraction of sp³-hybridized carbons (Fsp3) is 0.333. The number of aromatic nitrogens is 2. The summed E-state index contributed by atoms with van der Waals surface area (Å²) in [6.45, 7) is 8.12. The molecule has 3 aromatic rings.